The van der Waals surface area contributed by atoms with Crippen molar-refractivity contribution in [1.82, 2.24) is 4.57 Å². The average molecular weight is 642 g/mol. The van der Waals surface area contributed by atoms with Crippen LogP contribution in [0.3, 0.4) is 0 Å². The zero-order valence-electron chi connectivity index (χ0n) is 22.9. The van der Waals surface area contributed by atoms with Crippen LogP contribution in [0.15, 0.2) is 61.9 Å². The Morgan fingerprint density at radius 1 is 1.22 bits per heavy atom. The minimum atomic E-state index is -0.787. The summed E-state index contributed by atoms with van der Waals surface area (Å²) >= 11 is 4.68. The van der Waals surface area contributed by atoms with Crippen molar-refractivity contribution in [2.45, 2.75) is 39.2 Å². The van der Waals surface area contributed by atoms with Crippen molar-refractivity contribution < 1.29 is 19.2 Å². The molecule has 1 aromatic heterocycles. The maximum absolute atomic E-state index is 13.9. The lowest BCUT2D eigenvalue weighted by molar-refractivity contribution is -0.384. The van der Waals surface area contributed by atoms with Crippen LogP contribution in [0.1, 0.15) is 50.3 Å². The second-order valence-electron chi connectivity index (χ2n) is 9.75. The first kappa shape index (κ1) is 28.7. The average Bonchev–Trinajstić information content (AvgIpc) is 3.26. The van der Waals surface area contributed by atoms with Gasteiger partial charge in [0, 0.05) is 19.2 Å². The zero-order chi connectivity index (χ0) is 29.3. The maximum atomic E-state index is 13.9. The summed E-state index contributed by atoms with van der Waals surface area (Å²) in [5.74, 6) is 0.0537. The van der Waals surface area contributed by atoms with Gasteiger partial charge < -0.3 is 14.4 Å². The topological polar surface area (TPSA) is 116 Å². The van der Waals surface area contributed by atoms with Crippen molar-refractivity contribution in [3.8, 4) is 5.75 Å². The summed E-state index contributed by atoms with van der Waals surface area (Å²) in [6.07, 6.45) is 4.76. The standard InChI is InChI=1S/C29H29BrN4O6S/c1-4-40-28(36)25-17(2)31-29-33(26(25)19-9-11-23(39-3)20(30)16-19)27(35)24(41-29)15-18-8-10-21(22(14-18)34(37)38)32-12-6-5-7-13-32/h8-11,14-16,26H,4-7,12-13H2,1-3H3/b24-15-/t26-/m1/s1. The monoisotopic (exact) mass is 640 g/mol. The maximum Gasteiger partial charge on any atom is 0.338 e. The number of piperidine rings is 1. The molecule has 5 rings (SSSR count). The largest absolute Gasteiger partial charge is 0.496 e. The van der Waals surface area contributed by atoms with E-state index in [0.717, 1.165) is 32.4 Å². The second-order valence-corrected chi connectivity index (χ2v) is 11.6. The van der Waals surface area contributed by atoms with Crippen molar-refractivity contribution in [2.24, 2.45) is 4.99 Å². The molecule has 3 heterocycles. The number of carbonyl (C=O) groups excluding carboxylic acids is 1. The number of nitro benzene ring substituents is 1. The van der Waals surface area contributed by atoms with Gasteiger partial charge in [-0.1, -0.05) is 23.5 Å². The van der Waals surface area contributed by atoms with Crippen LogP contribution in [-0.2, 0) is 9.53 Å². The molecule has 2 aliphatic rings. The fourth-order valence-electron chi connectivity index (χ4n) is 5.29. The van der Waals surface area contributed by atoms with Crippen LogP contribution in [0.4, 0.5) is 11.4 Å². The van der Waals surface area contributed by atoms with Gasteiger partial charge in [-0.15, -0.1) is 0 Å². The highest BCUT2D eigenvalue weighted by Gasteiger charge is 2.33. The Labute approximate surface area is 248 Å². The number of fused-ring (bicyclic) bond motifs is 1. The molecule has 3 aromatic rings. The number of ether oxygens (including phenoxy) is 2. The van der Waals surface area contributed by atoms with Crippen LogP contribution in [-0.4, -0.2) is 42.3 Å². The smallest absolute Gasteiger partial charge is 0.338 e. The number of halogens is 1. The molecule has 214 valence electrons. The second kappa shape index (κ2) is 12.0. The number of methoxy groups -OCH3 is 1. The van der Waals surface area contributed by atoms with Gasteiger partial charge in [0.25, 0.3) is 11.2 Å². The molecule has 2 aromatic carbocycles. The minimum Gasteiger partial charge on any atom is -0.496 e. The number of hydrogen-bond acceptors (Lipinski definition) is 9. The van der Waals surface area contributed by atoms with Gasteiger partial charge in [0.1, 0.15) is 11.4 Å². The molecule has 0 amide bonds. The Morgan fingerprint density at radius 3 is 2.63 bits per heavy atom. The Hall–Kier alpha value is -3.77. The number of allylic oxidation sites excluding steroid dienone is 1. The molecular formula is C29H29BrN4O6S. The lowest BCUT2D eigenvalue weighted by Crippen LogP contribution is -2.40. The summed E-state index contributed by atoms with van der Waals surface area (Å²) in [6, 6.07) is 9.64. The van der Waals surface area contributed by atoms with Gasteiger partial charge in [0.15, 0.2) is 4.80 Å². The first-order chi connectivity index (χ1) is 19.7. The van der Waals surface area contributed by atoms with E-state index in [9.17, 15) is 19.7 Å². The highest BCUT2D eigenvalue weighted by atomic mass is 79.9. The molecule has 0 radical (unpaired) electrons. The van der Waals surface area contributed by atoms with Crippen molar-refractivity contribution >= 4 is 50.7 Å². The molecule has 0 unspecified atom stereocenters. The SMILES string of the molecule is CCOC(=O)C1=C(C)N=c2s/c(=C\c3ccc(N4CCCCC4)c([N+](=O)[O-])c3)c(=O)n2[C@@H]1c1ccc(OC)c(Br)c1. The van der Waals surface area contributed by atoms with E-state index in [1.165, 1.54) is 22.0 Å². The molecule has 10 nitrogen and oxygen atoms in total. The number of anilines is 1. The van der Waals surface area contributed by atoms with Crippen molar-refractivity contribution in [2.75, 3.05) is 31.7 Å². The molecule has 1 saturated heterocycles. The fourth-order valence-corrected chi connectivity index (χ4v) is 6.89. The number of aromatic nitrogens is 1. The van der Waals surface area contributed by atoms with Crippen LogP contribution in [0.2, 0.25) is 0 Å². The summed E-state index contributed by atoms with van der Waals surface area (Å²) in [4.78, 5) is 45.7. The van der Waals surface area contributed by atoms with Crippen molar-refractivity contribution in [3.05, 3.63) is 93.1 Å². The first-order valence-electron chi connectivity index (χ1n) is 13.3. The summed E-state index contributed by atoms with van der Waals surface area (Å²) < 4.78 is 13.2. The Kier molecular flexibility index (Phi) is 8.41. The Balaban J connectivity index is 1.65. The number of nitrogens with zero attached hydrogens (tertiary/aromatic N) is 4. The predicted octanol–water partition coefficient (Wildman–Crippen LogP) is 4.47. The minimum absolute atomic E-state index is 0.00910. The molecule has 1 atom stereocenters. The lowest BCUT2D eigenvalue weighted by atomic mass is 9.96. The van der Waals surface area contributed by atoms with E-state index < -0.39 is 12.0 Å². The van der Waals surface area contributed by atoms with Gasteiger partial charge >= 0.3 is 5.97 Å². The Morgan fingerprint density at radius 2 is 1.98 bits per heavy atom. The number of thiazole rings is 1. The van der Waals surface area contributed by atoms with Crippen LogP contribution in [0, 0.1) is 10.1 Å². The molecule has 1 fully saturated rings. The van der Waals surface area contributed by atoms with Gasteiger partial charge in [-0.25, -0.2) is 9.79 Å². The zero-order valence-corrected chi connectivity index (χ0v) is 25.3. The fraction of sp³-hybridized carbons (Fsp3) is 0.345. The van der Waals surface area contributed by atoms with Crippen molar-refractivity contribution in [1.29, 1.82) is 0 Å². The van der Waals surface area contributed by atoms with E-state index in [1.54, 1.807) is 57.4 Å². The van der Waals surface area contributed by atoms with Crippen LogP contribution < -0.4 is 24.5 Å². The third kappa shape index (κ3) is 5.58. The van der Waals surface area contributed by atoms with Crippen LogP contribution >= 0.6 is 27.3 Å². The van der Waals surface area contributed by atoms with E-state index in [-0.39, 0.29) is 28.3 Å². The van der Waals surface area contributed by atoms with E-state index in [0.29, 0.717) is 42.1 Å². The van der Waals surface area contributed by atoms with Gasteiger partial charge in [-0.3, -0.25) is 19.5 Å². The van der Waals surface area contributed by atoms with E-state index in [4.69, 9.17) is 9.47 Å². The van der Waals surface area contributed by atoms with Gasteiger partial charge in [-0.2, -0.15) is 0 Å². The van der Waals surface area contributed by atoms with Gasteiger partial charge in [0.2, 0.25) is 0 Å². The molecule has 0 saturated carbocycles. The summed E-state index contributed by atoms with van der Waals surface area (Å²) in [5.41, 5.74) is 2.17. The summed E-state index contributed by atoms with van der Waals surface area (Å²) in [6.45, 7) is 5.17. The lowest BCUT2D eigenvalue weighted by Gasteiger charge is -2.28. The van der Waals surface area contributed by atoms with E-state index in [2.05, 4.69) is 20.9 Å². The summed E-state index contributed by atoms with van der Waals surface area (Å²) in [5, 5.41) is 12.0. The molecule has 0 aliphatic carbocycles. The highest BCUT2D eigenvalue weighted by Crippen LogP contribution is 2.35. The quantitative estimate of drug-likeness (QED) is 0.213. The van der Waals surface area contributed by atoms with Crippen LogP contribution in [0.5, 0.6) is 5.75 Å². The number of esters is 1. The Bertz CT molecular complexity index is 1740. The first-order valence-corrected chi connectivity index (χ1v) is 14.9. The van der Waals surface area contributed by atoms with E-state index >= 15 is 0 Å². The van der Waals surface area contributed by atoms with Crippen molar-refractivity contribution in [3.63, 3.8) is 0 Å². The third-order valence-corrected chi connectivity index (χ3v) is 8.80. The molecule has 41 heavy (non-hydrogen) atoms. The summed E-state index contributed by atoms with van der Waals surface area (Å²) in [7, 11) is 1.56. The third-order valence-electron chi connectivity index (χ3n) is 7.20. The molecule has 0 N–H and O–H groups in total. The molecule has 2 aliphatic heterocycles. The van der Waals surface area contributed by atoms with Gasteiger partial charge in [0.05, 0.1) is 45.0 Å². The molecule has 0 bridgehead atoms. The number of nitro groups is 1. The predicted molar refractivity (Wildman–Crippen MR) is 160 cm³/mol. The molecular weight excluding hydrogens is 612 g/mol. The molecule has 12 heteroatoms. The highest BCUT2D eigenvalue weighted by molar-refractivity contribution is 9.10. The number of hydrogen-bond donors (Lipinski definition) is 0. The molecule has 0 spiro atoms. The number of rotatable bonds is 7. The van der Waals surface area contributed by atoms with E-state index in [1.807, 2.05) is 4.90 Å². The number of benzene rings is 2. The van der Waals surface area contributed by atoms with Crippen LogP contribution in [0.25, 0.3) is 6.08 Å². The number of carbonyl (C=O) groups is 1. The van der Waals surface area contributed by atoms with Gasteiger partial charge in [-0.05, 0) is 84.4 Å². The normalized spacial score (nSPS) is 17.2.